The van der Waals surface area contributed by atoms with Crippen molar-refractivity contribution >= 4 is 43.4 Å². The average molecular weight is 422 g/mol. The first-order valence-electron chi connectivity index (χ1n) is 11.1. The summed E-state index contributed by atoms with van der Waals surface area (Å²) in [7, 11) is 0. The third-order valence-electron chi connectivity index (χ3n) is 6.40. The van der Waals surface area contributed by atoms with Crippen LogP contribution in [-0.4, -0.2) is 14.8 Å². The fourth-order valence-electron chi connectivity index (χ4n) is 4.91. The summed E-state index contributed by atoms with van der Waals surface area (Å²) in [5.41, 5.74) is 5.06. The van der Waals surface area contributed by atoms with Crippen molar-refractivity contribution in [3.05, 3.63) is 115 Å². The first-order valence-corrected chi connectivity index (χ1v) is 11.1. The Morgan fingerprint density at radius 2 is 1.06 bits per heavy atom. The summed E-state index contributed by atoms with van der Waals surface area (Å²) in [5.74, 6) is 0. The van der Waals surface area contributed by atoms with Gasteiger partial charge < -0.3 is 0 Å². The Bertz CT molecular complexity index is 1800. The predicted molar refractivity (Wildman–Crippen MR) is 137 cm³/mol. The van der Waals surface area contributed by atoms with E-state index in [1.54, 1.807) is 0 Å². The number of rotatable bonds is 2. The third kappa shape index (κ3) is 2.69. The molecule has 3 nitrogen and oxygen atoms in total. The SMILES string of the molecule is c1ccc(-c2nc3c4ccccc4c4ccccc4c3c3nn(-c4ccccc4)cc23)cc1. The van der Waals surface area contributed by atoms with Crippen LogP contribution in [0.5, 0.6) is 0 Å². The maximum Gasteiger partial charge on any atom is 0.105 e. The van der Waals surface area contributed by atoms with Crippen molar-refractivity contribution in [2.75, 3.05) is 0 Å². The second kappa shape index (κ2) is 7.01. The van der Waals surface area contributed by atoms with Crippen LogP contribution in [0.1, 0.15) is 0 Å². The molecule has 154 valence electrons. The van der Waals surface area contributed by atoms with Gasteiger partial charge >= 0.3 is 0 Å². The topological polar surface area (TPSA) is 30.7 Å². The van der Waals surface area contributed by atoms with Crippen LogP contribution in [0.25, 0.3) is 60.3 Å². The molecule has 0 saturated carbocycles. The van der Waals surface area contributed by atoms with Crippen LogP contribution in [0.15, 0.2) is 115 Å². The summed E-state index contributed by atoms with van der Waals surface area (Å²) in [4.78, 5) is 5.31. The molecule has 0 saturated heterocycles. The molecule has 3 heteroatoms. The highest BCUT2D eigenvalue weighted by molar-refractivity contribution is 6.30. The minimum Gasteiger partial charge on any atom is -0.246 e. The molecular weight excluding hydrogens is 402 g/mol. The third-order valence-corrected chi connectivity index (χ3v) is 6.40. The van der Waals surface area contributed by atoms with E-state index >= 15 is 0 Å². The fraction of sp³-hybridized carbons (Fsp3) is 0. The maximum atomic E-state index is 5.31. The predicted octanol–water partition coefficient (Wildman–Crippen LogP) is 7.55. The van der Waals surface area contributed by atoms with Gasteiger partial charge in [-0.05, 0) is 28.3 Å². The van der Waals surface area contributed by atoms with Gasteiger partial charge in [0.05, 0.1) is 16.9 Å². The summed E-state index contributed by atoms with van der Waals surface area (Å²) in [6, 6.07) is 37.8. The summed E-state index contributed by atoms with van der Waals surface area (Å²) >= 11 is 0. The van der Waals surface area contributed by atoms with E-state index in [0.29, 0.717) is 0 Å². The molecule has 2 aromatic heterocycles. The van der Waals surface area contributed by atoms with E-state index in [1.165, 1.54) is 16.2 Å². The zero-order valence-electron chi connectivity index (χ0n) is 17.8. The van der Waals surface area contributed by atoms with E-state index in [2.05, 4.69) is 91.1 Å². The van der Waals surface area contributed by atoms with Crippen LogP contribution in [0.3, 0.4) is 0 Å². The Hall–Kier alpha value is -4.50. The van der Waals surface area contributed by atoms with Gasteiger partial charge in [-0.1, -0.05) is 97.1 Å². The standard InChI is InChI=1S/C30H19N3/c1-3-11-20(12-4-1)28-26-19-33(21-13-5-2-6-14-21)32-30(26)27-24-17-9-7-15-22(24)23-16-8-10-18-25(23)29(27)31-28/h1-19H. The zero-order valence-corrected chi connectivity index (χ0v) is 17.8. The van der Waals surface area contributed by atoms with Crippen LogP contribution in [-0.2, 0) is 0 Å². The number of hydrogen-bond donors (Lipinski definition) is 0. The number of benzene rings is 5. The molecule has 0 spiro atoms. The van der Waals surface area contributed by atoms with Crippen molar-refractivity contribution in [3.63, 3.8) is 0 Å². The smallest absolute Gasteiger partial charge is 0.105 e. The molecule has 33 heavy (non-hydrogen) atoms. The second-order valence-electron chi connectivity index (χ2n) is 8.31. The minimum atomic E-state index is 0.959. The number of nitrogens with zero attached hydrogens (tertiary/aromatic N) is 3. The summed E-state index contributed by atoms with van der Waals surface area (Å²) < 4.78 is 1.97. The highest BCUT2D eigenvalue weighted by atomic mass is 15.3. The van der Waals surface area contributed by atoms with E-state index < -0.39 is 0 Å². The lowest BCUT2D eigenvalue weighted by Gasteiger charge is -2.12. The molecule has 2 heterocycles. The van der Waals surface area contributed by atoms with E-state index in [0.717, 1.165) is 44.1 Å². The van der Waals surface area contributed by atoms with Gasteiger partial charge in [0, 0.05) is 27.9 Å². The summed E-state index contributed by atoms with van der Waals surface area (Å²) in [6.45, 7) is 0. The molecule has 0 amide bonds. The molecule has 0 radical (unpaired) electrons. The number of para-hydroxylation sites is 1. The molecular formula is C30H19N3. The van der Waals surface area contributed by atoms with Gasteiger partial charge in [-0.3, -0.25) is 0 Å². The zero-order chi connectivity index (χ0) is 21.8. The highest BCUT2D eigenvalue weighted by Gasteiger charge is 2.19. The molecule has 5 aromatic carbocycles. The summed E-state index contributed by atoms with van der Waals surface area (Å²) in [6.07, 6.45) is 2.11. The van der Waals surface area contributed by atoms with Gasteiger partial charge in [-0.15, -0.1) is 0 Å². The molecule has 0 fully saturated rings. The Morgan fingerprint density at radius 1 is 0.485 bits per heavy atom. The Kier molecular flexibility index (Phi) is 3.84. The van der Waals surface area contributed by atoms with Gasteiger partial charge in [-0.25, -0.2) is 9.67 Å². The second-order valence-corrected chi connectivity index (χ2v) is 8.31. The van der Waals surface area contributed by atoms with Crippen molar-refractivity contribution in [1.82, 2.24) is 14.8 Å². The van der Waals surface area contributed by atoms with Gasteiger partial charge in [-0.2, -0.15) is 5.10 Å². The lowest BCUT2D eigenvalue weighted by atomic mass is 9.95. The van der Waals surface area contributed by atoms with Crippen LogP contribution in [0.4, 0.5) is 0 Å². The van der Waals surface area contributed by atoms with Crippen molar-refractivity contribution in [3.8, 4) is 16.9 Å². The van der Waals surface area contributed by atoms with Crippen molar-refractivity contribution in [1.29, 1.82) is 0 Å². The lowest BCUT2D eigenvalue weighted by molar-refractivity contribution is 0.898. The van der Waals surface area contributed by atoms with Gasteiger partial charge in [0.1, 0.15) is 5.52 Å². The van der Waals surface area contributed by atoms with E-state index in [1.807, 2.05) is 28.9 Å². The summed E-state index contributed by atoms with van der Waals surface area (Å²) in [5, 5.41) is 12.1. The van der Waals surface area contributed by atoms with E-state index in [4.69, 9.17) is 10.1 Å². The molecule has 0 N–H and O–H groups in total. The molecule has 0 atom stereocenters. The first-order chi connectivity index (χ1) is 16.4. The molecule has 0 bridgehead atoms. The first kappa shape index (κ1) is 18.1. The van der Waals surface area contributed by atoms with Gasteiger partial charge in [0.2, 0.25) is 0 Å². The van der Waals surface area contributed by atoms with E-state index in [-0.39, 0.29) is 0 Å². The van der Waals surface area contributed by atoms with E-state index in [9.17, 15) is 0 Å². The highest BCUT2D eigenvalue weighted by Crippen LogP contribution is 2.40. The molecule has 0 aliphatic rings. The Balaban J connectivity index is 1.74. The van der Waals surface area contributed by atoms with Crippen LogP contribution >= 0.6 is 0 Å². The average Bonchev–Trinajstić information content (AvgIpc) is 3.35. The number of pyridine rings is 1. The van der Waals surface area contributed by atoms with Crippen molar-refractivity contribution < 1.29 is 0 Å². The van der Waals surface area contributed by atoms with Gasteiger partial charge in [0.25, 0.3) is 0 Å². The van der Waals surface area contributed by atoms with Crippen molar-refractivity contribution in [2.24, 2.45) is 0 Å². The Labute approximate surface area is 190 Å². The molecule has 0 unspecified atom stereocenters. The van der Waals surface area contributed by atoms with Crippen LogP contribution in [0.2, 0.25) is 0 Å². The number of fused-ring (bicyclic) bond motifs is 8. The molecule has 0 aliphatic carbocycles. The largest absolute Gasteiger partial charge is 0.246 e. The van der Waals surface area contributed by atoms with Crippen molar-refractivity contribution in [2.45, 2.75) is 0 Å². The fourth-order valence-corrected chi connectivity index (χ4v) is 4.91. The number of aromatic nitrogens is 3. The van der Waals surface area contributed by atoms with Crippen LogP contribution in [0, 0.1) is 0 Å². The van der Waals surface area contributed by atoms with Gasteiger partial charge in [0.15, 0.2) is 0 Å². The molecule has 7 rings (SSSR count). The number of hydrogen-bond acceptors (Lipinski definition) is 2. The molecule has 7 aromatic rings. The quantitative estimate of drug-likeness (QED) is 0.270. The molecule has 0 aliphatic heterocycles. The minimum absolute atomic E-state index is 0.959. The maximum absolute atomic E-state index is 5.31. The lowest BCUT2D eigenvalue weighted by Crippen LogP contribution is -1.93. The monoisotopic (exact) mass is 421 g/mol. The van der Waals surface area contributed by atoms with Crippen LogP contribution < -0.4 is 0 Å². The normalized spacial score (nSPS) is 11.6. The Morgan fingerprint density at radius 3 is 1.79 bits per heavy atom.